The smallest absolute Gasteiger partial charge is 0.226 e. The lowest BCUT2D eigenvalue weighted by atomic mass is 10.2. The molecule has 2 aromatic heterocycles. The molecule has 0 radical (unpaired) electrons. The Bertz CT molecular complexity index is 808. The zero-order valence-corrected chi connectivity index (χ0v) is 13.3. The molecule has 3 rings (SSSR count). The van der Waals surface area contributed by atoms with Gasteiger partial charge in [0.15, 0.2) is 0 Å². The number of halogens is 1. The van der Waals surface area contributed by atoms with E-state index in [0.717, 1.165) is 16.3 Å². The Balaban J connectivity index is 1.56. The van der Waals surface area contributed by atoms with E-state index in [0.29, 0.717) is 18.1 Å². The molecule has 0 aliphatic heterocycles. The van der Waals surface area contributed by atoms with Crippen LogP contribution < -0.4 is 5.32 Å². The third-order valence-corrected chi connectivity index (χ3v) is 4.08. The van der Waals surface area contributed by atoms with Crippen LogP contribution in [0.1, 0.15) is 16.5 Å². The first-order valence-electron chi connectivity index (χ1n) is 7.12. The highest BCUT2D eigenvalue weighted by atomic mass is 32.1. The molecule has 0 atom stereocenters. The summed E-state index contributed by atoms with van der Waals surface area (Å²) in [6, 6.07) is 9.68. The van der Waals surface area contributed by atoms with Crippen LogP contribution in [0.3, 0.4) is 0 Å². The first kappa shape index (κ1) is 15.4. The van der Waals surface area contributed by atoms with E-state index in [4.69, 9.17) is 4.42 Å². The predicted molar refractivity (Wildman–Crippen MR) is 86.5 cm³/mol. The summed E-state index contributed by atoms with van der Waals surface area (Å²) < 4.78 is 18.6. The Kier molecular flexibility index (Phi) is 4.52. The number of hydrogen-bond acceptors (Lipinski definition) is 4. The van der Waals surface area contributed by atoms with Gasteiger partial charge in [-0.25, -0.2) is 9.37 Å². The molecule has 0 bridgehead atoms. The van der Waals surface area contributed by atoms with Gasteiger partial charge >= 0.3 is 0 Å². The summed E-state index contributed by atoms with van der Waals surface area (Å²) in [6.45, 7) is 2.22. The molecule has 1 N–H and O–H groups in total. The van der Waals surface area contributed by atoms with Crippen LogP contribution >= 0.6 is 11.3 Å². The number of carbonyl (C=O) groups is 1. The van der Waals surface area contributed by atoms with Crippen LogP contribution in [0.15, 0.2) is 46.2 Å². The zero-order chi connectivity index (χ0) is 16.2. The van der Waals surface area contributed by atoms with E-state index in [2.05, 4.69) is 10.3 Å². The molecule has 6 heteroatoms. The Morgan fingerprint density at radius 3 is 2.74 bits per heavy atom. The lowest BCUT2D eigenvalue weighted by Crippen LogP contribution is -2.24. The molecule has 2 heterocycles. The van der Waals surface area contributed by atoms with Crippen molar-refractivity contribution in [1.29, 1.82) is 0 Å². The van der Waals surface area contributed by atoms with Crippen molar-refractivity contribution in [2.45, 2.75) is 19.9 Å². The Morgan fingerprint density at radius 1 is 1.26 bits per heavy atom. The van der Waals surface area contributed by atoms with Gasteiger partial charge in [-0.2, -0.15) is 0 Å². The number of hydrogen-bond donors (Lipinski definition) is 1. The summed E-state index contributed by atoms with van der Waals surface area (Å²) in [4.78, 5) is 16.1. The normalized spacial score (nSPS) is 10.7. The Hall–Kier alpha value is -2.47. The van der Waals surface area contributed by atoms with Gasteiger partial charge in [0.2, 0.25) is 5.91 Å². The summed E-state index contributed by atoms with van der Waals surface area (Å²) in [5, 5.41) is 5.63. The second-order valence-electron chi connectivity index (χ2n) is 5.08. The molecule has 0 aliphatic rings. The van der Waals surface area contributed by atoms with Crippen molar-refractivity contribution in [1.82, 2.24) is 10.3 Å². The molecule has 0 unspecified atom stereocenters. The number of nitrogens with zero attached hydrogens (tertiary/aromatic N) is 1. The zero-order valence-electron chi connectivity index (χ0n) is 12.5. The molecule has 0 saturated heterocycles. The molecule has 0 aliphatic carbocycles. The predicted octanol–water partition coefficient (Wildman–Crippen LogP) is 3.71. The third-order valence-electron chi connectivity index (χ3n) is 3.26. The maximum atomic E-state index is 12.9. The van der Waals surface area contributed by atoms with Gasteiger partial charge in [-0.05, 0) is 43.3 Å². The molecule has 1 aromatic carbocycles. The second-order valence-corrected chi connectivity index (χ2v) is 6.15. The number of benzene rings is 1. The van der Waals surface area contributed by atoms with E-state index in [1.165, 1.54) is 23.5 Å². The van der Waals surface area contributed by atoms with Crippen molar-refractivity contribution in [2.75, 3.05) is 0 Å². The highest BCUT2D eigenvalue weighted by Gasteiger charge is 2.09. The average molecular weight is 330 g/mol. The average Bonchev–Trinajstić information content (AvgIpc) is 3.15. The van der Waals surface area contributed by atoms with Crippen LogP contribution in [0.2, 0.25) is 0 Å². The number of aromatic nitrogens is 1. The number of aryl methyl sites for hydroxylation is 1. The summed E-state index contributed by atoms with van der Waals surface area (Å²) in [5.74, 6) is 0.900. The summed E-state index contributed by atoms with van der Waals surface area (Å²) in [6.07, 6.45) is 0.260. The molecule has 23 heavy (non-hydrogen) atoms. The molecule has 1 amide bonds. The van der Waals surface area contributed by atoms with E-state index in [1.54, 1.807) is 24.3 Å². The lowest BCUT2D eigenvalue weighted by Gasteiger charge is -2.02. The number of carbonyl (C=O) groups excluding carboxylic acids is 1. The monoisotopic (exact) mass is 330 g/mol. The SMILES string of the molecule is Cc1nc(CC(=O)NCc2ccc(-c3ccc(F)cc3)o2)cs1. The first-order valence-corrected chi connectivity index (χ1v) is 8.00. The van der Waals surface area contributed by atoms with Gasteiger partial charge in [-0.3, -0.25) is 4.79 Å². The standard InChI is InChI=1S/C17H15FN2O2S/c1-11-20-14(10-23-11)8-17(21)19-9-15-6-7-16(22-15)12-2-4-13(18)5-3-12/h2-7,10H,8-9H2,1H3,(H,19,21). The Labute approximate surface area is 137 Å². The van der Waals surface area contributed by atoms with Crippen molar-refractivity contribution in [2.24, 2.45) is 0 Å². The fourth-order valence-corrected chi connectivity index (χ4v) is 2.76. The number of amides is 1. The van der Waals surface area contributed by atoms with Gasteiger partial charge in [0.05, 0.1) is 23.7 Å². The van der Waals surface area contributed by atoms with Crippen molar-refractivity contribution >= 4 is 17.2 Å². The van der Waals surface area contributed by atoms with Crippen molar-refractivity contribution < 1.29 is 13.6 Å². The minimum absolute atomic E-state index is 0.102. The van der Waals surface area contributed by atoms with Crippen molar-refractivity contribution in [3.05, 3.63) is 64.1 Å². The molecule has 3 aromatic rings. The van der Waals surface area contributed by atoms with E-state index in [-0.39, 0.29) is 18.1 Å². The van der Waals surface area contributed by atoms with Gasteiger partial charge in [0, 0.05) is 10.9 Å². The molecule has 0 fully saturated rings. The molecule has 118 valence electrons. The molecule has 0 saturated carbocycles. The Morgan fingerprint density at radius 2 is 2.04 bits per heavy atom. The quantitative estimate of drug-likeness (QED) is 0.776. The van der Waals surface area contributed by atoms with Gasteiger partial charge in [0.1, 0.15) is 17.3 Å². The minimum atomic E-state index is -0.287. The highest BCUT2D eigenvalue weighted by Crippen LogP contribution is 2.22. The number of furan rings is 1. The van der Waals surface area contributed by atoms with Crippen LogP contribution in [0.5, 0.6) is 0 Å². The van der Waals surface area contributed by atoms with Crippen molar-refractivity contribution in [3.63, 3.8) is 0 Å². The summed E-state index contributed by atoms with van der Waals surface area (Å²) in [5.41, 5.74) is 1.57. The van der Waals surface area contributed by atoms with E-state index in [1.807, 2.05) is 12.3 Å². The summed E-state index contributed by atoms with van der Waals surface area (Å²) >= 11 is 1.53. The molecule has 0 spiro atoms. The van der Waals surface area contributed by atoms with Crippen LogP contribution in [-0.2, 0) is 17.8 Å². The maximum absolute atomic E-state index is 12.9. The highest BCUT2D eigenvalue weighted by molar-refractivity contribution is 7.09. The van der Waals surface area contributed by atoms with Crippen molar-refractivity contribution in [3.8, 4) is 11.3 Å². The third kappa shape index (κ3) is 4.04. The lowest BCUT2D eigenvalue weighted by molar-refractivity contribution is -0.120. The fourth-order valence-electron chi connectivity index (χ4n) is 2.14. The van der Waals surface area contributed by atoms with Crippen LogP contribution in [0.25, 0.3) is 11.3 Å². The van der Waals surface area contributed by atoms with Gasteiger partial charge in [0.25, 0.3) is 0 Å². The van der Waals surface area contributed by atoms with Crippen LogP contribution in [0, 0.1) is 12.7 Å². The van der Waals surface area contributed by atoms with E-state index >= 15 is 0 Å². The largest absolute Gasteiger partial charge is 0.459 e. The van der Waals surface area contributed by atoms with E-state index in [9.17, 15) is 9.18 Å². The number of rotatable bonds is 5. The minimum Gasteiger partial charge on any atom is -0.459 e. The number of nitrogens with one attached hydrogen (secondary N) is 1. The topological polar surface area (TPSA) is 55.1 Å². The fraction of sp³-hybridized carbons (Fsp3) is 0.176. The summed E-state index contributed by atoms with van der Waals surface area (Å²) in [7, 11) is 0. The van der Waals surface area contributed by atoms with Crippen LogP contribution in [-0.4, -0.2) is 10.9 Å². The first-order chi connectivity index (χ1) is 11.1. The van der Waals surface area contributed by atoms with Gasteiger partial charge < -0.3 is 9.73 Å². The molecular weight excluding hydrogens is 315 g/mol. The van der Waals surface area contributed by atoms with Crippen LogP contribution in [0.4, 0.5) is 4.39 Å². The second kappa shape index (κ2) is 6.75. The molecule has 4 nitrogen and oxygen atoms in total. The van der Waals surface area contributed by atoms with Gasteiger partial charge in [-0.15, -0.1) is 11.3 Å². The van der Waals surface area contributed by atoms with E-state index < -0.39 is 0 Å². The molecular formula is C17H15FN2O2S. The van der Waals surface area contributed by atoms with Gasteiger partial charge in [-0.1, -0.05) is 0 Å². The number of thiazole rings is 1. The maximum Gasteiger partial charge on any atom is 0.226 e.